The molecule has 142 valence electrons. The molecule has 7 nitrogen and oxygen atoms in total. The lowest BCUT2D eigenvalue weighted by Gasteiger charge is -2.12. The Kier molecular flexibility index (Phi) is 4.48. The van der Waals surface area contributed by atoms with E-state index < -0.39 is 27.8 Å². The summed E-state index contributed by atoms with van der Waals surface area (Å²) in [7, 11) is -4.08. The third-order valence-corrected chi connectivity index (χ3v) is 5.40. The van der Waals surface area contributed by atoms with Crippen LogP contribution in [0.5, 0.6) is 0 Å². The van der Waals surface area contributed by atoms with Crippen molar-refractivity contribution < 1.29 is 22.1 Å². The van der Waals surface area contributed by atoms with E-state index in [0.717, 1.165) is 0 Å². The zero-order valence-electron chi connectivity index (χ0n) is 14.6. The summed E-state index contributed by atoms with van der Waals surface area (Å²) in [5, 5.41) is 0.713. The van der Waals surface area contributed by atoms with Crippen LogP contribution in [0.15, 0.2) is 78.5 Å². The Morgan fingerprint density at radius 1 is 1.04 bits per heavy atom. The Morgan fingerprint density at radius 3 is 2.54 bits per heavy atom. The molecule has 1 aromatic heterocycles. The summed E-state index contributed by atoms with van der Waals surface area (Å²) in [5.74, 6) is -1.89. The van der Waals surface area contributed by atoms with E-state index in [2.05, 4.69) is 4.98 Å². The van der Waals surface area contributed by atoms with E-state index in [9.17, 15) is 13.2 Å². The maximum Gasteiger partial charge on any atom is 0.313 e. The number of nitrogens with two attached hydrogens (primary N) is 1. The highest BCUT2D eigenvalue weighted by Crippen LogP contribution is 2.35. The molecule has 2 aromatic carbocycles. The number of nitrogens with zero attached hydrogens (tertiary/aromatic N) is 1. The molecule has 1 aliphatic heterocycles. The number of carbonyl (C=O) groups excluding carboxylic acids is 1. The molecular weight excluding hydrogens is 380 g/mol. The zero-order valence-corrected chi connectivity index (χ0v) is 15.4. The van der Waals surface area contributed by atoms with E-state index in [1.165, 1.54) is 0 Å². The standard InChI is InChI=1S/C20H16N2O5S/c21-20-19(27-28(24,25)12-13-6-2-1-3-7-13)17(23)18(26-20)15-10-11-22-16-9-5-4-8-14(15)16/h1-11,18H,12,21H2. The molecule has 0 bridgehead atoms. The second kappa shape index (κ2) is 6.97. The van der Waals surface area contributed by atoms with Crippen LogP contribution in [0.4, 0.5) is 0 Å². The van der Waals surface area contributed by atoms with Gasteiger partial charge in [0.1, 0.15) is 5.75 Å². The number of ether oxygens (including phenoxy) is 1. The van der Waals surface area contributed by atoms with Crippen molar-refractivity contribution in [3.05, 3.63) is 89.6 Å². The first-order chi connectivity index (χ1) is 13.4. The Balaban J connectivity index is 1.60. The van der Waals surface area contributed by atoms with Crippen molar-refractivity contribution in [2.75, 3.05) is 0 Å². The molecule has 0 aliphatic carbocycles. The Hall–Kier alpha value is -3.39. The van der Waals surface area contributed by atoms with Crippen LogP contribution in [0.25, 0.3) is 10.9 Å². The molecule has 28 heavy (non-hydrogen) atoms. The highest BCUT2D eigenvalue weighted by atomic mass is 32.2. The van der Waals surface area contributed by atoms with Gasteiger partial charge < -0.3 is 14.7 Å². The summed E-state index contributed by atoms with van der Waals surface area (Å²) in [6, 6.07) is 17.4. The third kappa shape index (κ3) is 3.41. The number of carbonyl (C=O) groups is 1. The summed E-state index contributed by atoms with van der Waals surface area (Å²) >= 11 is 0. The van der Waals surface area contributed by atoms with E-state index in [0.29, 0.717) is 22.0 Å². The fraction of sp³-hybridized carbons (Fsp3) is 0.100. The predicted molar refractivity (Wildman–Crippen MR) is 102 cm³/mol. The molecule has 0 amide bonds. The van der Waals surface area contributed by atoms with E-state index in [-0.39, 0.29) is 11.6 Å². The monoisotopic (exact) mass is 396 g/mol. The van der Waals surface area contributed by atoms with Gasteiger partial charge in [0.15, 0.2) is 6.10 Å². The lowest BCUT2D eigenvalue weighted by atomic mass is 10.0. The first-order valence-corrected chi connectivity index (χ1v) is 10.0. The average Bonchev–Trinajstić information content (AvgIpc) is 2.95. The second-order valence-corrected chi connectivity index (χ2v) is 7.81. The van der Waals surface area contributed by atoms with Crippen molar-refractivity contribution in [3.8, 4) is 0 Å². The molecule has 1 aliphatic rings. The molecule has 0 saturated carbocycles. The quantitative estimate of drug-likeness (QED) is 0.660. The highest BCUT2D eigenvalue weighted by molar-refractivity contribution is 7.86. The second-order valence-electron chi connectivity index (χ2n) is 6.24. The topological polar surface area (TPSA) is 109 Å². The first-order valence-electron chi connectivity index (χ1n) is 8.45. The number of ketones is 1. The van der Waals surface area contributed by atoms with Crippen LogP contribution in [0.2, 0.25) is 0 Å². The smallest absolute Gasteiger partial charge is 0.313 e. The van der Waals surface area contributed by atoms with Gasteiger partial charge in [0, 0.05) is 17.1 Å². The van der Waals surface area contributed by atoms with E-state index >= 15 is 0 Å². The minimum atomic E-state index is -4.08. The number of hydrogen-bond acceptors (Lipinski definition) is 7. The molecule has 0 radical (unpaired) electrons. The van der Waals surface area contributed by atoms with Gasteiger partial charge in [-0.3, -0.25) is 9.78 Å². The molecule has 8 heteroatoms. The molecule has 1 unspecified atom stereocenters. The molecule has 2 N–H and O–H groups in total. The molecule has 0 fully saturated rings. The molecule has 3 aromatic rings. The van der Waals surface area contributed by atoms with Gasteiger partial charge in [0.25, 0.3) is 0 Å². The van der Waals surface area contributed by atoms with Gasteiger partial charge in [-0.05, 0) is 17.7 Å². The highest BCUT2D eigenvalue weighted by Gasteiger charge is 2.40. The van der Waals surface area contributed by atoms with Crippen molar-refractivity contribution in [1.82, 2.24) is 4.98 Å². The minimum absolute atomic E-state index is 0.354. The molecule has 2 heterocycles. The lowest BCUT2D eigenvalue weighted by Crippen LogP contribution is -2.16. The minimum Gasteiger partial charge on any atom is -0.460 e. The Bertz CT molecular complexity index is 1180. The first kappa shape index (κ1) is 18.0. The van der Waals surface area contributed by atoms with Gasteiger partial charge in [-0.2, -0.15) is 8.42 Å². The van der Waals surface area contributed by atoms with Gasteiger partial charge in [0.05, 0.1) is 5.52 Å². The molecular formula is C20H16N2O5S. The van der Waals surface area contributed by atoms with Gasteiger partial charge in [0.2, 0.25) is 17.4 Å². The summed E-state index contributed by atoms with van der Waals surface area (Å²) in [4.78, 5) is 17.1. The zero-order chi connectivity index (χ0) is 19.7. The normalized spacial score (nSPS) is 17.0. The number of hydrogen-bond donors (Lipinski definition) is 1. The molecule has 4 rings (SSSR count). The molecule has 0 saturated heterocycles. The fourth-order valence-electron chi connectivity index (χ4n) is 3.04. The lowest BCUT2D eigenvalue weighted by molar-refractivity contribution is -0.123. The third-order valence-electron chi connectivity index (χ3n) is 4.29. The van der Waals surface area contributed by atoms with Gasteiger partial charge >= 0.3 is 10.1 Å². The predicted octanol–water partition coefficient (Wildman–Crippen LogP) is 2.55. The Labute approximate surface area is 161 Å². The summed E-state index contributed by atoms with van der Waals surface area (Å²) in [5.41, 5.74) is 7.53. The van der Waals surface area contributed by atoms with E-state index in [1.54, 1.807) is 54.7 Å². The van der Waals surface area contributed by atoms with Crippen LogP contribution >= 0.6 is 0 Å². The van der Waals surface area contributed by atoms with Crippen LogP contribution in [-0.4, -0.2) is 19.2 Å². The van der Waals surface area contributed by atoms with E-state index in [4.69, 9.17) is 14.7 Å². The van der Waals surface area contributed by atoms with Crippen molar-refractivity contribution in [2.45, 2.75) is 11.9 Å². The number of rotatable bonds is 5. The number of pyridine rings is 1. The van der Waals surface area contributed by atoms with Crippen molar-refractivity contribution in [1.29, 1.82) is 0 Å². The van der Waals surface area contributed by atoms with E-state index in [1.807, 2.05) is 12.1 Å². The number of benzene rings is 2. The number of aromatic nitrogens is 1. The number of para-hydroxylation sites is 1. The van der Waals surface area contributed by atoms with Gasteiger partial charge in [-0.15, -0.1) is 0 Å². The molecule has 0 spiro atoms. The van der Waals surface area contributed by atoms with Crippen LogP contribution in [0.3, 0.4) is 0 Å². The summed E-state index contributed by atoms with van der Waals surface area (Å²) in [6.45, 7) is 0. The Morgan fingerprint density at radius 2 is 1.75 bits per heavy atom. The number of fused-ring (bicyclic) bond motifs is 1. The van der Waals surface area contributed by atoms with Crippen molar-refractivity contribution in [3.63, 3.8) is 0 Å². The van der Waals surface area contributed by atoms with Gasteiger partial charge in [-0.1, -0.05) is 48.5 Å². The fourth-order valence-corrected chi connectivity index (χ4v) is 4.12. The molecule has 1 atom stereocenters. The van der Waals surface area contributed by atoms with Crippen LogP contribution < -0.4 is 5.73 Å². The van der Waals surface area contributed by atoms with Crippen LogP contribution in [0.1, 0.15) is 17.2 Å². The van der Waals surface area contributed by atoms with Gasteiger partial charge in [-0.25, -0.2) is 0 Å². The largest absolute Gasteiger partial charge is 0.460 e. The van der Waals surface area contributed by atoms with Crippen molar-refractivity contribution in [2.24, 2.45) is 5.73 Å². The van der Waals surface area contributed by atoms with Crippen LogP contribution in [0, 0.1) is 0 Å². The van der Waals surface area contributed by atoms with Crippen molar-refractivity contribution >= 4 is 26.8 Å². The van der Waals surface area contributed by atoms with Crippen LogP contribution in [-0.2, 0) is 29.6 Å². The summed E-state index contributed by atoms with van der Waals surface area (Å²) in [6.07, 6.45) is 0.463. The average molecular weight is 396 g/mol. The maximum absolute atomic E-state index is 12.8. The number of Topliss-reactive ketones (excluding diaryl/α,β-unsaturated/α-hetero) is 1. The maximum atomic E-state index is 12.8. The summed E-state index contributed by atoms with van der Waals surface area (Å²) < 4.78 is 35.2. The SMILES string of the molecule is NC1=C(OS(=O)(=O)Cc2ccccc2)C(=O)C(c2ccnc3ccccc23)O1.